The molecule has 1 atom stereocenters. The maximum absolute atomic E-state index is 12.7. The fourth-order valence-corrected chi connectivity index (χ4v) is 3.54. The standard InChI is InChI=1S/C26H28N2O4/c1-18(2)27-17-9-14-21(26(30)31)28-25(29)23-16-15-22(32-23)24(19-10-5-3-6-11-19)20-12-7-4-8-13-20/h3-8,10-13,15-16,21,24,27H,1,9,14,17H2,2H3,(H,28,29)(H,30,31). The third-order valence-corrected chi connectivity index (χ3v) is 5.10. The molecule has 0 aliphatic carbocycles. The summed E-state index contributed by atoms with van der Waals surface area (Å²) >= 11 is 0. The van der Waals surface area contributed by atoms with E-state index >= 15 is 0 Å². The van der Waals surface area contributed by atoms with Gasteiger partial charge in [0.1, 0.15) is 11.8 Å². The number of aliphatic carboxylic acids is 1. The Bertz CT molecular complexity index is 1000. The lowest BCUT2D eigenvalue weighted by Gasteiger charge is -2.16. The minimum Gasteiger partial charge on any atom is -0.480 e. The number of allylic oxidation sites excluding steroid dienone is 1. The van der Waals surface area contributed by atoms with Crippen LogP contribution in [-0.2, 0) is 4.79 Å². The highest BCUT2D eigenvalue weighted by molar-refractivity contribution is 5.94. The monoisotopic (exact) mass is 432 g/mol. The van der Waals surface area contributed by atoms with Crippen LogP contribution in [0.3, 0.4) is 0 Å². The summed E-state index contributed by atoms with van der Waals surface area (Å²) in [7, 11) is 0. The van der Waals surface area contributed by atoms with Crippen molar-refractivity contribution >= 4 is 11.9 Å². The summed E-state index contributed by atoms with van der Waals surface area (Å²) < 4.78 is 5.93. The Labute approximate surface area is 188 Å². The third-order valence-electron chi connectivity index (χ3n) is 5.10. The summed E-state index contributed by atoms with van der Waals surface area (Å²) in [4.78, 5) is 24.3. The Morgan fingerprint density at radius 2 is 1.56 bits per heavy atom. The van der Waals surface area contributed by atoms with Gasteiger partial charge in [0, 0.05) is 12.2 Å². The molecule has 166 valence electrons. The minimum atomic E-state index is -1.08. The van der Waals surface area contributed by atoms with E-state index in [4.69, 9.17) is 4.42 Å². The molecule has 1 heterocycles. The fraction of sp³-hybridized carbons (Fsp3) is 0.231. The van der Waals surface area contributed by atoms with E-state index in [1.807, 2.05) is 67.6 Å². The normalized spacial score (nSPS) is 11.7. The average molecular weight is 433 g/mol. The Morgan fingerprint density at radius 1 is 0.969 bits per heavy atom. The van der Waals surface area contributed by atoms with Gasteiger partial charge in [0.15, 0.2) is 5.76 Å². The van der Waals surface area contributed by atoms with E-state index in [2.05, 4.69) is 17.2 Å². The predicted molar refractivity (Wildman–Crippen MR) is 123 cm³/mol. The number of hydrogen-bond acceptors (Lipinski definition) is 4. The maximum atomic E-state index is 12.7. The van der Waals surface area contributed by atoms with Crippen LogP contribution in [0, 0.1) is 0 Å². The molecule has 0 aliphatic rings. The van der Waals surface area contributed by atoms with Gasteiger partial charge in [-0.15, -0.1) is 0 Å². The molecule has 3 N–H and O–H groups in total. The molecule has 6 nitrogen and oxygen atoms in total. The molecular weight excluding hydrogens is 404 g/mol. The molecule has 0 radical (unpaired) electrons. The molecule has 0 aliphatic heterocycles. The van der Waals surface area contributed by atoms with E-state index in [9.17, 15) is 14.7 Å². The number of furan rings is 1. The Hall–Kier alpha value is -3.80. The van der Waals surface area contributed by atoms with Gasteiger partial charge < -0.3 is 20.2 Å². The highest BCUT2D eigenvalue weighted by atomic mass is 16.4. The van der Waals surface area contributed by atoms with E-state index < -0.39 is 17.9 Å². The number of rotatable bonds is 11. The molecule has 2 aromatic carbocycles. The topological polar surface area (TPSA) is 91.6 Å². The molecule has 0 saturated heterocycles. The number of hydrogen-bond donors (Lipinski definition) is 3. The zero-order chi connectivity index (χ0) is 22.9. The van der Waals surface area contributed by atoms with Gasteiger partial charge in [0.05, 0.1) is 5.92 Å². The van der Waals surface area contributed by atoms with Crippen LogP contribution in [0.5, 0.6) is 0 Å². The van der Waals surface area contributed by atoms with Gasteiger partial charge in [-0.25, -0.2) is 4.79 Å². The number of carboxylic acids is 1. The van der Waals surface area contributed by atoms with Crippen LogP contribution in [0.1, 0.15) is 53.1 Å². The molecule has 1 aromatic heterocycles. The van der Waals surface area contributed by atoms with E-state index in [0.717, 1.165) is 16.8 Å². The smallest absolute Gasteiger partial charge is 0.326 e. The second-order valence-electron chi connectivity index (χ2n) is 7.67. The summed E-state index contributed by atoms with van der Waals surface area (Å²) in [5.74, 6) is -1.10. The number of amides is 1. The maximum Gasteiger partial charge on any atom is 0.326 e. The highest BCUT2D eigenvalue weighted by Crippen LogP contribution is 2.32. The predicted octanol–water partition coefficient (Wildman–Crippen LogP) is 4.55. The van der Waals surface area contributed by atoms with Crippen LogP contribution < -0.4 is 10.6 Å². The van der Waals surface area contributed by atoms with Gasteiger partial charge in [-0.05, 0) is 43.0 Å². The molecular formula is C26H28N2O4. The first-order valence-electron chi connectivity index (χ1n) is 10.6. The summed E-state index contributed by atoms with van der Waals surface area (Å²) in [6, 6.07) is 22.2. The Balaban J connectivity index is 1.75. The van der Waals surface area contributed by atoms with Gasteiger partial charge >= 0.3 is 5.97 Å². The second kappa shape index (κ2) is 11.0. The van der Waals surface area contributed by atoms with E-state index in [1.54, 1.807) is 12.1 Å². The minimum absolute atomic E-state index is 0.0863. The number of carboxylic acid groups (broad SMARTS) is 1. The third kappa shape index (κ3) is 6.11. The zero-order valence-corrected chi connectivity index (χ0v) is 18.1. The van der Waals surface area contributed by atoms with Crippen molar-refractivity contribution in [2.75, 3.05) is 6.54 Å². The van der Waals surface area contributed by atoms with Crippen molar-refractivity contribution in [3.8, 4) is 0 Å². The van der Waals surface area contributed by atoms with Crippen LogP contribution >= 0.6 is 0 Å². The van der Waals surface area contributed by atoms with Crippen molar-refractivity contribution in [1.82, 2.24) is 10.6 Å². The number of carbonyl (C=O) groups excluding carboxylic acids is 1. The Kier molecular flexibility index (Phi) is 7.86. The van der Waals surface area contributed by atoms with Crippen LogP contribution in [-0.4, -0.2) is 29.6 Å². The molecule has 0 saturated carbocycles. The summed E-state index contributed by atoms with van der Waals surface area (Å²) in [6.45, 7) is 6.17. The molecule has 6 heteroatoms. The van der Waals surface area contributed by atoms with Gasteiger partial charge in [-0.3, -0.25) is 4.79 Å². The lowest BCUT2D eigenvalue weighted by atomic mass is 9.89. The molecule has 3 aromatic rings. The largest absolute Gasteiger partial charge is 0.480 e. The van der Waals surface area contributed by atoms with Crippen molar-refractivity contribution in [2.45, 2.75) is 31.7 Å². The molecule has 0 bridgehead atoms. The second-order valence-corrected chi connectivity index (χ2v) is 7.67. The summed E-state index contributed by atoms with van der Waals surface area (Å²) in [5, 5.41) is 15.1. The first-order chi connectivity index (χ1) is 15.5. The number of nitrogens with one attached hydrogen (secondary N) is 2. The van der Waals surface area contributed by atoms with Gasteiger partial charge in [-0.2, -0.15) is 0 Å². The number of benzene rings is 2. The molecule has 32 heavy (non-hydrogen) atoms. The van der Waals surface area contributed by atoms with Crippen molar-refractivity contribution in [1.29, 1.82) is 0 Å². The van der Waals surface area contributed by atoms with Crippen molar-refractivity contribution in [2.24, 2.45) is 0 Å². The SMILES string of the molecule is C=C(C)NCCCC(NC(=O)c1ccc(C(c2ccccc2)c2ccccc2)o1)C(=O)O. The van der Waals surface area contributed by atoms with Crippen LogP contribution in [0.25, 0.3) is 0 Å². The molecule has 3 rings (SSSR count). The van der Waals surface area contributed by atoms with Crippen molar-refractivity contribution in [3.63, 3.8) is 0 Å². The zero-order valence-electron chi connectivity index (χ0n) is 18.1. The first-order valence-corrected chi connectivity index (χ1v) is 10.6. The molecule has 0 fully saturated rings. The average Bonchev–Trinajstić information content (AvgIpc) is 3.27. The van der Waals surface area contributed by atoms with Crippen LogP contribution in [0.4, 0.5) is 0 Å². The molecule has 1 amide bonds. The highest BCUT2D eigenvalue weighted by Gasteiger charge is 2.25. The van der Waals surface area contributed by atoms with Crippen molar-refractivity contribution < 1.29 is 19.1 Å². The fourth-order valence-electron chi connectivity index (χ4n) is 3.54. The number of carbonyl (C=O) groups is 2. The van der Waals surface area contributed by atoms with Gasteiger partial charge in [-0.1, -0.05) is 67.2 Å². The molecule has 1 unspecified atom stereocenters. The van der Waals surface area contributed by atoms with E-state index in [0.29, 0.717) is 25.1 Å². The Morgan fingerprint density at radius 3 is 2.09 bits per heavy atom. The summed E-state index contributed by atoms with van der Waals surface area (Å²) in [6.07, 6.45) is 0.878. The first kappa shape index (κ1) is 22.9. The van der Waals surface area contributed by atoms with Gasteiger partial charge in [0.25, 0.3) is 5.91 Å². The van der Waals surface area contributed by atoms with Crippen molar-refractivity contribution in [3.05, 3.63) is 108 Å². The lowest BCUT2D eigenvalue weighted by Crippen LogP contribution is -2.41. The quantitative estimate of drug-likeness (QED) is 0.387. The van der Waals surface area contributed by atoms with E-state index in [-0.39, 0.29) is 11.7 Å². The van der Waals surface area contributed by atoms with E-state index in [1.165, 1.54) is 0 Å². The summed E-state index contributed by atoms with van der Waals surface area (Å²) in [5.41, 5.74) is 2.89. The van der Waals surface area contributed by atoms with Crippen LogP contribution in [0.15, 0.2) is 89.5 Å². The van der Waals surface area contributed by atoms with Gasteiger partial charge in [0.2, 0.25) is 0 Å². The lowest BCUT2D eigenvalue weighted by molar-refractivity contribution is -0.139. The van der Waals surface area contributed by atoms with Crippen LogP contribution in [0.2, 0.25) is 0 Å². The molecule has 0 spiro atoms.